The van der Waals surface area contributed by atoms with Gasteiger partial charge in [0.05, 0.1) is 17.5 Å². The predicted molar refractivity (Wildman–Crippen MR) is 182 cm³/mol. The Morgan fingerprint density at radius 2 is 1.62 bits per heavy atom. The molecule has 48 heavy (non-hydrogen) atoms. The van der Waals surface area contributed by atoms with E-state index < -0.39 is 69.0 Å². The number of nitrogens with two attached hydrogens (primary N) is 1. The van der Waals surface area contributed by atoms with E-state index in [2.05, 4.69) is 16.0 Å². The number of amides is 5. The number of carbonyl (C=O) groups is 5. The Labute approximate surface area is 284 Å². The van der Waals surface area contributed by atoms with Crippen molar-refractivity contribution >= 4 is 39.4 Å². The molecule has 0 spiro atoms. The number of benzene rings is 1. The molecular weight excluding hydrogens is 634 g/mol. The van der Waals surface area contributed by atoms with Crippen LogP contribution in [0.1, 0.15) is 79.7 Å². The van der Waals surface area contributed by atoms with Crippen molar-refractivity contribution in [1.82, 2.24) is 20.9 Å². The number of likely N-dealkylation sites (tertiary alicyclic amines) is 1. The van der Waals surface area contributed by atoms with E-state index in [0.29, 0.717) is 18.5 Å². The number of hydrogen-bond acceptors (Lipinski definition) is 7. The van der Waals surface area contributed by atoms with Gasteiger partial charge in [-0.1, -0.05) is 98.1 Å². The Morgan fingerprint density at radius 3 is 2.15 bits per heavy atom. The van der Waals surface area contributed by atoms with E-state index in [-0.39, 0.29) is 40.6 Å². The van der Waals surface area contributed by atoms with Gasteiger partial charge in [-0.05, 0) is 46.5 Å². The second-order valence-electron chi connectivity index (χ2n) is 16.0. The van der Waals surface area contributed by atoms with Gasteiger partial charge in [-0.25, -0.2) is 13.2 Å². The van der Waals surface area contributed by atoms with Crippen LogP contribution in [0.2, 0.25) is 0 Å². The van der Waals surface area contributed by atoms with Gasteiger partial charge in [0.2, 0.25) is 17.6 Å². The minimum atomic E-state index is -3.58. The average Bonchev–Trinajstić information content (AvgIpc) is 3.27. The zero-order valence-corrected chi connectivity index (χ0v) is 30.1. The van der Waals surface area contributed by atoms with Crippen molar-refractivity contribution in [2.45, 2.75) is 104 Å². The molecule has 3 aliphatic rings. The van der Waals surface area contributed by atoms with Gasteiger partial charge in [0.25, 0.3) is 5.91 Å². The normalized spacial score (nSPS) is 23.7. The molecule has 3 fully saturated rings. The first-order valence-electron chi connectivity index (χ1n) is 17.0. The molecule has 6 atom stereocenters. The average molecular weight is 688 g/mol. The summed E-state index contributed by atoms with van der Waals surface area (Å²) < 4.78 is 26.1. The van der Waals surface area contributed by atoms with E-state index in [1.807, 2.05) is 33.8 Å². The molecule has 13 heteroatoms. The topological polar surface area (TPSA) is 185 Å². The van der Waals surface area contributed by atoms with Gasteiger partial charge < -0.3 is 26.6 Å². The van der Waals surface area contributed by atoms with Crippen molar-refractivity contribution in [3.05, 3.63) is 35.9 Å². The molecule has 2 saturated carbocycles. The van der Waals surface area contributed by atoms with E-state index in [1.54, 1.807) is 45.0 Å². The standard InChI is InChI=1S/C35H53N5O7S/c1-20(2)25(19-48(46,47)18-22-12-9-8-10-13-22)38-33(45)39-29(34(3,4)5)32(44)40-17-23-26(35(23,6)7)27(40)31(43)37-24(28(41)30(36)42)16-21-14-11-15-21/h8-10,12-13,20-21,23-27,29H,11,14-19H2,1-7H3,(H2,36,42)(H,37,43)(H2,38,39,45)/t23-,24?,25+,26-,27-,29+/m0/s1. The van der Waals surface area contributed by atoms with Gasteiger partial charge in [0.1, 0.15) is 12.1 Å². The molecule has 2 aliphatic carbocycles. The molecule has 1 heterocycles. The van der Waals surface area contributed by atoms with Crippen LogP contribution in [0, 0.1) is 34.5 Å². The molecule has 12 nitrogen and oxygen atoms in total. The van der Waals surface area contributed by atoms with Crippen LogP contribution in [0.3, 0.4) is 0 Å². The summed E-state index contributed by atoms with van der Waals surface area (Å²) in [5, 5.41) is 8.36. The zero-order valence-electron chi connectivity index (χ0n) is 29.2. The van der Waals surface area contributed by atoms with Crippen LogP contribution in [0.4, 0.5) is 4.79 Å². The highest BCUT2D eigenvalue weighted by molar-refractivity contribution is 7.90. The summed E-state index contributed by atoms with van der Waals surface area (Å²) in [5.41, 5.74) is 4.99. The second-order valence-corrected chi connectivity index (χ2v) is 18.1. The summed E-state index contributed by atoms with van der Waals surface area (Å²) in [5.74, 6) is -3.49. The summed E-state index contributed by atoms with van der Waals surface area (Å²) in [4.78, 5) is 67.7. The summed E-state index contributed by atoms with van der Waals surface area (Å²) in [7, 11) is -3.58. The van der Waals surface area contributed by atoms with Gasteiger partial charge in [-0.3, -0.25) is 19.2 Å². The minimum Gasteiger partial charge on any atom is -0.363 e. The number of ketones is 1. The van der Waals surface area contributed by atoms with Crippen LogP contribution in [0.25, 0.3) is 0 Å². The number of piperidine rings is 1. The molecule has 1 aliphatic heterocycles. The first kappa shape index (κ1) is 37.3. The third kappa shape index (κ3) is 8.56. The Morgan fingerprint density at radius 1 is 1.00 bits per heavy atom. The molecule has 1 aromatic rings. The number of sulfone groups is 1. The van der Waals surface area contributed by atoms with Gasteiger partial charge in [0.15, 0.2) is 9.84 Å². The van der Waals surface area contributed by atoms with Gasteiger partial charge in [-0.15, -0.1) is 0 Å². The number of nitrogens with zero attached hydrogens (tertiary/aromatic N) is 1. The maximum atomic E-state index is 14.3. The smallest absolute Gasteiger partial charge is 0.315 e. The quantitative estimate of drug-likeness (QED) is 0.217. The molecule has 4 rings (SSSR count). The Kier molecular flexibility index (Phi) is 11.0. The van der Waals surface area contributed by atoms with Crippen molar-refractivity contribution < 1.29 is 32.4 Å². The Bertz CT molecular complexity index is 1500. The molecule has 1 unspecified atom stereocenters. The maximum Gasteiger partial charge on any atom is 0.315 e. The van der Waals surface area contributed by atoms with Crippen LogP contribution < -0.4 is 21.7 Å². The molecule has 5 N–H and O–H groups in total. The van der Waals surface area contributed by atoms with Crippen molar-refractivity contribution in [1.29, 1.82) is 0 Å². The fourth-order valence-electron chi connectivity index (χ4n) is 7.25. The number of hydrogen-bond donors (Lipinski definition) is 4. The van der Waals surface area contributed by atoms with Crippen LogP contribution >= 0.6 is 0 Å². The van der Waals surface area contributed by atoms with Crippen molar-refractivity contribution in [3.63, 3.8) is 0 Å². The molecule has 266 valence electrons. The van der Waals surface area contributed by atoms with Crippen LogP contribution in [-0.2, 0) is 34.8 Å². The SMILES string of the molecule is CC(C)[C@@H](CS(=O)(=O)Cc1ccccc1)NC(=O)N[C@H](C(=O)N1C[C@H]2[C@@H]([C@H]1C(=O)NC(CC1CCC1)C(=O)C(N)=O)C2(C)C)C(C)(C)C. The van der Waals surface area contributed by atoms with E-state index in [0.717, 1.165) is 19.3 Å². The predicted octanol–water partition coefficient (Wildman–Crippen LogP) is 2.55. The van der Waals surface area contributed by atoms with Crippen LogP contribution in [0.5, 0.6) is 0 Å². The fourth-order valence-corrected chi connectivity index (χ4v) is 9.09. The van der Waals surface area contributed by atoms with Gasteiger partial charge in [-0.2, -0.15) is 0 Å². The van der Waals surface area contributed by atoms with Crippen molar-refractivity contribution in [3.8, 4) is 0 Å². The number of carbonyl (C=O) groups excluding carboxylic acids is 5. The van der Waals surface area contributed by atoms with Crippen molar-refractivity contribution in [2.75, 3.05) is 12.3 Å². The fraction of sp³-hybridized carbons (Fsp3) is 0.686. The Balaban J connectivity index is 1.50. The van der Waals surface area contributed by atoms with E-state index in [9.17, 15) is 32.4 Å². The zero-order chi connectivity index (χ0) is 35.8. The lowest BCUT2D eigenvalue weighted by molar-refractivity contribution is -0.145. The number of Topliss-reactive ketones (excluding diaryl/α,β-unsaturated/α-hetero) is 1. The first-order chi connectivity index (χ1) is 22.2. The summed E-state index contributed by atoms with van der Waals surface area (Å²) in [6, 6.07) is 4.41. The number of urea groups is 1. The third-order valence-electron chi connectivity index (χ3n) is 10.6. The summed E-state index contributed by atoms with van der Waals surface area (Å²) in [6.07, 6.45) is 3.15. The lowest BCUT2D eigenvalue weighted by Gasteiger charge is -2.38. The Hall–Kier alpha value is -3.48. The molecular formula is C35H53N5O7S. The molecule has 0 aromatic heterocycles. The highest BCUT2D eigenvalue weighted by Crippen LogP contribution is 2.65. The number of primary amides is 1. The monoisotopic (exact) mass is 687 g/mol. The van der Waals surface area contributed by atoms with Gasteiger partial charge in [0, 0.05) is 12.6 Å². The number of rotatable bonds is 14. The molecule has 1 aromatic carbocycles. The molecule has 1 saturated heterocycles. The highest BCUT2D eigenvalue weighted by Gasteiger charge is 2.70. The number of nitrogens with one attached hydrogen (secondary N) is 3. The van der Waals surface area contributed by atoms with Gasteiger partial charge >= 0.3 is 6.03 Å². The largest absolute Gasteiger partial charge is 0.363 e. The number of fused-ring (bicyclic) bond motifs is 1. The summed E-state index contributed by atoms with van der Waals surface area (Å²) >= 11 is 0. The third-order valence-corrected chi connectivity index (χ3v) is 12.2. The lowest BCUT2D eigenvalue weighted by atomic mass is 9.80. The van der Waals surface area contributed by atoms with Crippen LogP contribution in [-0.4, -0.2) is 79.3 Å². The van der Waals surface area contributed by atoms with Crippen LogP contribution in [0.15, 0.2) is 30.3 Å². The highest BCUT2D eigenvalue weighted by atomic mass is 32.2. The minimum absolute atomic E-state index is 0.0451. The second kappa shape index (κ2) is 14.2. The van der Waals surface area contributed by atoms with E-state index >= 15 is 0 Å². The first-order valence-corrected chi connectivity index (χ1v) is 18.8. The summed E-state index contributed by atoms with van der Waals surface area (Å²) in [6.45, 7) is 13.4. The van der Waals surface area contributed by atoms with Crippen molar-refractivity contribution in [2.24, 2.45) is 40.2 Å². The molecule has 0 bridgehead atoms. The van der Waals surface area contributed by atoms with E-state index in [1.165, 1.54) is 4.90 Å². The molecule has 0 radical (unpaired) electrons. The molecule has 5 amide bonds. The lowest BCUT2D eigenvalue weighted by Crippen LogP contribution is -2.62. The van der Waals surface area contributed by atoms with E-state index in [4.69, 9.17) is 5.73 Å². The maximum absolute atomic E-state index is 14.3.